The van der Waals surface area contributed by atoms with Crippen molar-refractivity contribution in [1.29, 1.82) is 0 Å². The Hall–Kier alpha value is -1.65. The summed E-state index contributed by atoms with van der Waals surface area (Å²) >= 11 is 10.1. The Balaban J connectivity index is 2.12. The van der Waals surface area contributed by atoms with E-state index in [1.54, 1.807) is 48.5 Å². The van der Waals surface area contributed by atoms with Gasteiger partial charge in [0, 0.05) is 0 Å². The first-order chi connectivity index (χ1) is 8.68. The molecule has 2 amide bonds. The zero-order valence-corrected chi connectivity index (χ0v) is 10.9. The van der Waals surface area contributed by atoms with Gasteiger partial charge in [-0.2, -0.15) is 0 Å². The van der Waals surface area contributed by atoms with Crippen LogP contribution < -0.4 is 9.62 Å². The van der Waals surface area contributed by atoms with Crippen molar-refractivity contribution < 1.29 is 4.79 Å². The lowest BCUT2D eigenvalue weighted by Gasteiger charge is -2.16. The van der Waals surface area contributed by atoms with Crippen molar-refractivity contribution in [3.05, 3.63) is 59.6 Å². The highest BCUT2D eigenvalue weighted by Gasteiger charge is 2.12. The second kappa shape index (κ2) is 5.80. The van der Waals surface area contributed by atoms with Crippen molar-refractivity contribution >= 4 is 41.8 Å². The number of benzene rings is 2. The third kappa shape index (κ3) is 2.97. The summed E-state index contributed by atoms with van der Waals surface area (Å²) in [5.41, 5.74) is 1.20. The van der Waals surface area contributed by atoms with Crippen LogP contribution in [0.25, 0.3) is 0 Å². The summed E-state index contributed by atoms with van der Waals surface area (Å²) in [7, 11) is 0. The van der Waals surface area contributed by atoms with Gasteiger partial charge in [-0.1, -0.05) is 48.7 Å². The number of halogens is 1. The van der Waals surface area contributed by atoms with Crippen molar-refractivity contribution in [2.45, 2.75) is 0 Å². The number of nitrogens with one attached hydrogen (secondary N) is 1. The Bertz CT molecular complexity index is 548. The van der Waals surface area contributed by atoms with E-state index in [4.69, 9.17) is 11.6 Å². The Kier molecular flexibility index (Phi) is 4.12. The molecule has 3 nitrogen and oxygen atoms in total. The molecule has 2 rings (SSSR count). The van der Waals surface area contributed by atoms with E-state index in [-0.39, 0.29) is 6.03 Å². The highest BCUT2D eigenvalue weighted by molar-refractivity contribution is 7.82. The first-order valence-corrected chi connectivity index (χ1v) is 5.97. The van der Waals surface area contributed by atoms with Crippen molar-refractivity contribution in [1.82, 2.24) is 0 Å². The predicted octanol–water partition coefficient (Wildman–Crippen LogP) is 4.02. The zero-order chi connectivity index (χ0) is 13.0. The maximum atomic E-state index is 11.9. The first-order valence-electron chi connectivity index (χ1n) is 5.19. The molecule has 91 valence electrons. The second-order valence-electron chi connectivity index (χ2n) is 3.48. The number of amides is 2. The molecule has 0 saturated carbocycles. The van der Waals surface area contributed by atoms with Crippen LogP contribution in [0.2, 0.25) is 5.02 Å². The first kappa shape index (κ1) is 12.8. The smallest absolute Gasteiger partial charge is 0.305 e. The molecule has 0 aliphatic heterocycles. The maximum Gasteiger partial charge on any atom is 0.336 e. The summed E-state index contributed by atoms with van der Waals surface area (Å²) in [6.45, 7) is 0. The van der Waals surface area contributed by atoms with Crippen LogP contribution in [0.4, 0.5) is 16.2 Å². The Morgan fingerprint density at radius 3 is 2.56 bits per heavy atom. The number of thiol groups is 1. The van der Waals surface area contributed by atoms with Crippen LogP contribution in [-0.4, -0.2) is 6.03 Å². The third-order valence-corrected chi connectivity index (χ3v) is 3.00. The number of hydrogen-bond acceptors (Lipinski definition) is 2. The van der Waals surface area contributed by atoms with Gasteiger partial charge in [0.2, 0.25) is 0 Å². The van der Waals surface area contributed by atoms with Crippen LogP contribution in [0.1, 0.15) is 0 Å². The average molecular weight is 278 g/mol. The van der Waals surface area contributed by atoms with Gasteiger partial charge in [-0.15, -0.1) is 0 Å². The van der Waals surface area contributed by atoms with Crippen LogP contribution in [0.3, 0.4) is 0 Å². The molecule has 0 fully saturated rings. The number of carbonyl (C=O) groups is 1. The van der Waals surface area contributed by atoms with Crippen LogP contribution in [0.15, 0.2) is 48.5 Å². The van der Waals surface area contributed by atoms with Crippen LogP contribution in [0, 0.1) is 6.07 Å². The van der Waals surface area contributed by atoms with E-state index < -0.39 is 0 Å². The van der Waals surface area contributed by atoms with E-state index >= 15 is 0 Å². The lowest BCUT2D eigenvalue weighted by Crippen LogP contribution is -2.26. The molecule has 0 unspecified atom stereocenters. The third-order valence-electron chi connectivity index (χ3n) is 2.25. The number of para-hydroxylation sites is 1. The monoisotopic (exact) mass is 277 g/mol. The quantitative estimate of drug-likeness (QED) is 0.799. The number of carbonyl (C=O) groups excluding carboxylic acids is 1. The lowest BCUT2D eigenvalue weighted by molar-refractivity contribution is 0.260. The van der Waals surface area contributed by atoms with Gasteiger partial charge in [-0.05, 0) is 30.3 Å². The number of hydrogen-bond donors (Lipinski definition) is 2. The van der Waals surface area contributed by atoms with Crippen molar-refractivity contribution in [2.24, 2.45) is 0 Å². The molecule has 0 heterocycles. The fraction of sp³-hybridized carbons (Fsp3) is 0. The highest BCUT2D eigenvalue weighted by atomic mass is 35.5. The standard InChI is InChI=1S/C13H10ClN2OS/c14-11-8-4-5-9-12(11)15-13(17)16(18)10-6-2-1-3-7-10/h2-9,18H,(H,15,17). The van der Waals surface area contributed by atoms with Crippen molar-refractivity contribution in [3.63, 3.8) is 0 Å². The van der Waals surface area contributed by atoms with E-state index in [9.17, 15) is 4.79 Å². The molecule has 0 spiro atoms. The molecule has 18 heavy (non-hydrogen) atoms. The zero-order valence-electron chi connectivity index (χ0n) is 9.30. The summed E-state index contributed by atoms with van der Waals surface area (Å²) in [6, 6.07) is 16.4. The summed E-state index contributed by atoms with van der Waals surface area (Å²) in [5, 5.41) is 3.16. The number of urea groups is 1. The minimum atomic E-state index is -0.377. The van der Waals surface area contributed by atoms with Gasteiger partial charge in [0.05, 0.1) is 16.4 Å². The van der Waals surface area contributed by atoms with Crippen LogP contribution in [-0.2, 0) is 0 Å². The fourth-order valence-corrected chi connectivity index (χ4v) is 1.73. The van der Waals surface area contributed by atoms with Gasteiger partial charge >= 0.3 is 6.03 Å². The molecule has 5 heteroatoms. The molecule has 0 aliphatic carbocycles. The van der Waals surface area contributed by atoms with Crippen LogP contribution >= 0.6 is 24.4 Å². The predicted molar refractivity (Wildman–Crippen MR) is 77.2 cm³/mol. The Morgan fingerprint density at radius 1 is 1.22 bits per heavy atom. The molecule has 0 bridgehead atoms. The fourth-order valence-electron chi connectivity index (χ4n) is 1.37. The van der Waals surface area contributed by atoms with E-state index in [0.717, 1.165) is 0 Å². The highest BCUT2D eigenvalue weighted by Crippen LogP contribution is 2.22. The maximum absolute atomic E-state index is 11.9. The summed E-state index contributed by atoms with van der Waals surface area (Å²) in [6.07, 6.45) is 0. The normalized spacial score (nSPS) is 9.89. The van der Waals surface area contributed by atoms with Gasteiger partial charge in [-0.25, -0.2) is 9.10 Å². The molecular formula is C13H10ClN2OS. The summed E-state index contributed by atoms with van der Waals surface area (Å²) in [5.74, 6) is 0. The number of anilines is 2. The molecular weight excluding hydrogens is 268 g/mol. The Labute approximate surface area is 116 Å². The van der Waals surface area contributed by atoms with Gasteiger partial charge in [0.1, 0.15) is 0 Å². The SMILES string of the molecule is O=C(Nc1ccccc1Cl)N(S)c1cc[c]cc1. The summed E-state index contributed by atoms with van der Waals surface area (Å²) in [4.78, 5) is 11.9. The van der Waals surface area contributed by atoms with Crippen LogP contribution in [0.5, 0.6) is 0 Å². The van der Waals surface area contributed by atoms with Crippen molar-refractivity contribution in [2.75, 3.05) is 9.62 Å². The van der Waals surface area contributed by atoms with E-state index in [1.165, 1.54) is 4.31 Å². The number of rotatable bonds is 2. The molecule has 0 aromatic heterocycles. The minimum Gasteiger partial charge on any atom is -0.305 e. The second-order valence-corrected chi connectivity index (χ2v) is 4.29. The van der Waals surface area contributed by atoms with Gasteiger partial charge in [-0.3, -0.25) is 0 Å². The minimum absolute atomic E-state index is 0.377. The molecule has 0 saturated heterocycles. The van der Waals surface area contributed by atoms with E-state index in [0.29, 0.717) is 16.4 Å². The van der Waals surface area contributed by atoms with E-state index in [1.807, 2.05) is 0 Å². The lowest BCUT2D eigenvalue weighted by atomic mass is 10.3. The van der Waals surface area contributed by atoms with Gasteiger partial charge in [0.15, 0.2) is 0 Å². The van der Waals surface area contributed by atoms with E-state index in [2.05, 4.69) is 24.2 Å². The molecule has 1 N–H and O–H groups in total. The molecule has 1 radical (unpaired) electrons. The molecule has 2 aromatic carbocycles. The molecule has 0 atom stereocenters. The molecule has 0 aliphatic rings. The van der Waals surface area contributed by atoms with Crippen molar-refractivity contribution in [3.8, 4) is 0 Å². The largest absolute Gasteiger partial charge is 0.336 e. The topological polar surface area (TPSA) is 32.3 Å². The Morgan fingerprint density at radius 2 is 1.89 bits per heavy atom. The summed E-state index contributed by atoms with van der Waals surface area (Å²) < 4.78 is 1.21. The number of nitrogens with zero attached hydrogens (tertiary/aromatic N) is 1. The van der Waals surface area contributed by atoms with Gasteiger partial charge in [0.25, 0.3) is 0 Å². The average Bonchev–Trinajstić information content (AvgIpc) is 2.41. The van der Waals surface area contributed by atoms with Gasteiger partial charge < -0.3 is 5.32 Å². The molecule has 2 aromatic rings.